The van der Waals surface area contributed by atoms with Crippen molar-refractivity contribution in [1.29, 1.82) is 0 Å². The van der Waals surface area contributed by atoms with E-state index in [9.17, 15) is 4.39 Å². The molecule has 5 aromatic rings. The van der Waals surface area contributed by atoms with Crippen molar-refractivity contribution in [2.24, 2.45) is 0 Å². The van der Waals surface area contributed by atoms with Crippen molar-refractivity contribution in [2.75, 3.05) is 12.4 Å². The maximum absolute atomic E-state index is 14.1. The van der Waals surface area contributed by atoms with Gasteiger partial charge in [-0.1, -0.05) is 23.7 Å². The van der Waals surface area contributed by atoms with Crippen molar-refractivity contribution >= 4 is 54.8 Å². The molecule has 0 atom stereocenters. The predicted molar refractivity (Wildman–Crippen MR) is 154 cm³/mol. The van der Waals surface area contributed by atoms with Crippen LogP contribution in [0.1, 0.15) is 16.7 Å². The van der Waals surface area contributed by atoms with E-state index in [4.69, 9.17) is 26.1 Å². The van der Waals surface area contributed by atoms with Crippen LogP contribution in [-0.4, -0.2) is 12.1 Å². The number of rotatable bonds is 8. The molecule has 0 saturated carbocycles. The molecule has 188 valence electrons. The van der Waals surface area contributed by atoms with Crippen LogP contribution in [0.25, 0.3) is 20.8 Å². The highest BCUT2D eigenvalue weighted by Gasteiger charge is 2.15. The van der Waals surface area contributed by atoms with E-state index in [1.807, 2.05) is 12.1 Å². The highest BCUT2D eigenvalue weighted by molar-refractivity contribution is 9.10. The third-order valence-corrected chi connectivity index (χ3v) is 7.89. The largest absolute Gasteiger partial charge is 0.493 e. The third kappa shape index (κ3) is 5.74. The number of aromatic nitrogens is 1. The fraction of sp³-hybridized carbons (Fsp3) is 0.138. The van der Waals surface area contributed by atoms with Gasteiger partial charge in [0.25, 0.3) is 0 Å². The number of benzene rings is 4. The van der Waals surface area contributed by atoms with Gasteiger partial charge in [0.2, 0.25) is 0 Å². The summed E-state index contributed by atoms with van der Waals surface area (Å²) in [5.41, 5.74) is 5.63. The molecule has 4 aromatic carbocycles. The van der Waals surface area contributed by atoms with E-state index in [1.54, 1.807) is 30.6 Å². The van der Waals surface area contributed by atoms with Crippen molar-refractivity contribution in [3.63, 3.8) is 0 Å². The standard InChI is InChI=1S/C29H23BrClFN2O2S/c1-17-6-11-25-27(12-17)37-29(34-25)19-7-9-20(10-8-19)33-15-18-13-22(30)28(26(14-18)35-2)36-16-21-23(31)4-3-5-24(21)32/h3-14,33H,15-16H2,1-2H3. The summed E-state index contributed by atoms with van der Waals surface area (Å²) in [6.45, 7) is 2.66. The van der Waals surface area contributed by atoms with E-state index in [0.717, 1.165) is 27.3 Å². The third-order valence-electron chi connectivity index (χ3n) is 5.88. The number of hydrogen-bond acceptors (Lipinski definition) is 5. The molecule has 5 rings (SSSR count). The molecular weight excluding hydrogens is 575 g/mol. The lowest BCUT2D eigenvalue weighted by atomic mass is 10.1. The average molecular weight is 598 g/mol. The Balaban J connectivity index is 1.26. The monoisotopic (exact) mass is 596 g/mol. The van der Waals surface area contributed by atoms with E-state index in [1.165, 1.54) is 16.3 Å². The minimum atomic E-state index is -0.410. The fourth-order valence-corrected chi connectivity index (χ4v) is 5.81. The highest BCUT2D eigenvalue weighted by Crippen LogP contribution is 2.38. The second kappa shape index (κ2) is 11.1. The Kier molecular flexibility index (Phi) is 7.65. The summed E-state index contributed by atoms with van der Waals surface area (Å²) in [6, 6.07) is 23.0. The second-order valence-electron chi connectivity index (χ2n) is 8.52. The Morgan fingerprint density at radius 3 is 2.62 bits per heavy atom. The lowest BCUT2D eigenvalue weighted by molar-refractivity contribution is 0.278. The molecule has 0 saturated heterocycles. The second-order valence-corrected chi connectivity index (χ2v) is 10.8. The number of nitrogens with one attached hydrogen (secondary N) is 1. The highest BCUT2D eigenvalue weighted by atomic mass is 79.9. The van der Waals surface area contributed by atoms with Gasteiger partial charge in [-0.25, -0.2) is 9.37 Å². The number of hydrogen-bond donors (Lipinski definition) is 1. The molecule has 0 spiro atoms. The van der Waals surface area contributed by atoms with E-state index >= 15 is 0 Å². The molecule has 0 aliphatic rings. The molecular formula is C29H23BrClFN2O2S. The maximum atomic E-state index is 14.1. The Hall–Kier alpha value is -3.13. The summed E-state index contributed by atoms with van der Waals surface area (Å²) >= 11 is 11.4. The predicted octanol–water partition coefficient (Wildman–Crippen LogP) is 9.03. The molecule has 0 radical (unpaired) electrons. The van der Waals surface area contributed by atoms with Gasteiger partial charge in [0.1, 0.15) is 17.4 Å². The average Bonchev–Trinajstić information content (AvgIpc) is 3.31. The van der Waals surface area contributed by atoms with Crippen molar-refractivity contribution in [3.05, 3.63) is 105 Å². The zero-order valence-corrected chi connectivity index (χ0v) is 23.3. The molecule has 0 fully saturated rings. The van der Waals surface area contributed by atoms with Gasteiger partial charge < -0.3 is 14.8 Å². The number of anilines is 1. The number of thiazole rings is 1. The van der Waals surface area contributed by atoms with Gasteiger partial charge in [0, 0.05) is 23.4 Å². The van der Waals surface area contributed by atoms with E-state index < -0.39 is 5.82 Å². The van der Waals surface area contributed by atoms with Crippen LogP contribution in [0.4, 0.5) is 10.1 Å². The smallest absolute Gasteiger partial charge is 0.175 e. The van der Waals surface area contributed by atoms with Crippen LogP contribution >= 0.6 is 38.9 Å². The van der Waals surface area contributed by atoms with Gasteiger partial charge in [-0.15, -0.1) is 11.3 Å². The summed E-state index contributed by atoms with van der Waals surface area (Å²) in [6.07, 6.45) is 0. The molecule has 0 aliphatic heterocycles. The number of methoxy groups -OCH3 is 1. The molecule has 0 amide bonds. The zero-order chi connectivity index (χ0) is 25.9. The number of fused-ring (bicyclic) bond motifs is 1. The Bertz CT molecular complexity index is 1550. The maximum Gasteiger partial charge on any atom is 0.175 e. The number of ether oxygens (including phenoxy) is 2. The van der Waals surface area contributed by atoms with Gasteiger partial charge in [0.15, 0.2) is 11.5 Å². The van der Waals surface area contributed by atoms with Crippen LogP contribution in [0.15, 0.2) is 77.3 Å². The lowest BCUT2D eigenvalue weighted by Gasteiger charge is -2.16. The summed E-state index contributed by atoms with van der Waals surface area (Å²) in [7, 11) is 1.57. The molecule has 1 aromatic heterocycles. The first kappa shape index (κ1) is 25.5. The van der Waals surface area contributed by atoms with Gasteiger partial charge in [-0.3, -0.25) is 0 Å². The van der Waals surface area contributed by atoms with Crippen LogP contribution in [0.3, 0.4) is 0 Å². The lowest BCUT2D eigenvalue weighted by Crippen LogP contribution is -2.04. The van der Waals surface area contributed by atoms with Crippen LogP contribution in [0.2, 0.25) is 5.02 Å². The van der Waals surface area contributed by atoms with Gasteiger partial charge >= 0.3 is 0 Å². The molecule has 0 bridgehead atoms. The summed E-state index contributed by atoms with van der Waals surface area (Å²) < 4.78 is 27.5. The van der Waals surface area contributed by atoms with E-state index in [2.05, 4.69) is 70.6 Å². The van der Waals surface area contributed by atoms with Crippen LogP contribution < -0.4 is 14.8 Å². The molecule has 1 N–H and O–H groups in total. The topological polar surface area (TPSA) is 43.4 Å². The minimum Gasteiger partial charge on any atom is -0.493 e. The van der Waals surface area contributed by atoms with Crippen LogP contribution in [0, 0.1) is 12.7 Å². The van der Waals surface area contributed by atoms with Gasteiger partial charge in [-0.05, 0) is 94.6 Å². The van der Waals surface area contributed by atoms with Crippen LogP contribution in [-0.2, 0) is 13.2 Å². The number of aryl methyl sites for hydroxylation is 1. The van der Waals surface area contributed by atoms with E-state index in [-0.39, 0.29) is 6.61 Å². The molecule has 1 heterocycles. The molecule has 0 aliphatic carbocycles. The summed E-state index contributed by atoms with van der Waals surface area (Å²) in [4.78, 5) is 4.77. The zero-order valence-electron chi connectivity index (χ0n) is 20.1. The van der Waals surface area contributed by atoms with Crippen molar-refractivity contribution < 1.29 is 13.9 Å². The fourth-order valence-electron chi connectivity index (χ4n) is 3.92. The molecule has 0 unspecified atom stereocenters. The van der Waals surface area contributed by atoms with Crippen molar-refractivity contribution in [2.45, 2.75) is 20.1 Å². The molecule has 37 heavy (non-hydrogen) atoms. The number of nitrogens with zero attached hydrogens (tertiary/aromatic N) is 1. The van der Waals surface area contributed by atoms with Crippen molar-refractivity contribution in [1.82, 2.24) is 4.98 Å². The summed E-state index contributed by atoms with van der Waals surface area (Å²) in [5, 5.41) is 4.77. The molecule has 4 nitrogen and oxygen atoms in total. The Labute approximate surface area is 232 Å². The van der Waals surface area contributed by atoms with Crippen LogP contribution in [0.5, 0.6) is 11.5 Å². The normalized spacial score (nSPS) is 11.1. The van der Waals surface area contributed by atoms with Gasteiger partial charge in [0.05, 0.1) is 26.8 Å². The first-order valence-electron chi connectivity index (χ1n) is 11.5. The molecule has 8 heteroatoms. The minimum absolute atomic E-state index is 0.0152. The first-order valence-corrected chi connectivity index (χ1v) is 13.5. The first-order chi connectivity index (χ1) is 17.9. The SMILES string of the molecule is COc1cc(CNc2ccc(-c3nc4ccc(C)cc4s3)cc2)cc(Br)c1OCc1c(F)cccc1Cl. The van der Waals surface area contributed by atoms with E-state index in [0.29, 0.717) is 33.1 Å². The number of halogens is 3. The quantitative estimate of drug-likeness (QED) is 0.194. The van der Waals surface area contributed by atoms with Gasteiger partial charge in [-0.2, -0.15) is 0 Å². The van der Waals surface area contributed by atoms with Crippen molar-refractivity contribution in [3.8, 4) is 22.1 Å². The Morgan fingerprint density at radius 1 is 1.05 bits per heavy atom. The Morgan fingerprint density at radius 2 is 1.86 bits per heavy atom. The summed E-state index contributed by atoms with van der Waals surface area (Å²) in [5.74, 6) is 0.619.